The molecule has 2 aromatic heterocycles. The number of benzene rings is 1. The van der Waals surface area contributed by atoms with Gasteiger partial charge in [-0.3, -0.25) is 0 Å². The van der Waals surface area contributed by atoms with Gasteiger partial charge in [0.25, 0.3) is 0 Å². The molecule has 0 aliphatic heterocycles. The molecule has 1 saturated carbocycles. The third kappa shape index (κ3) is 2.73. The Kier molecular flexibility index (Phi) is 3.69. The molecule has 5 nitrogen and oxygen atoms in total. The highest BCUT2D eigenvalue weighted by Crippen LogP contribution is 2.47. The summed E-state index contributed by atoms with van der Waals surface area (Å²) >= 11 is 5.30. The topological polar surface area (TPSA) is 59.1 Å². The Morgan fingerprint density at radius 2 is 2.12 bits per heavy atom. The highest BCUT2D eigenvalue weighted by Gasteiger charge is 2.36. The molecule has 122 valence electrons. The van der Waals surface area contributed by atoms with Crippen LogP contribution in [0.5, 0.6) is 0 Å². The van der Waals surface area contributed by atoms with E-state index in [1.54, 1.807) is 10.9 Å². The molecule has 0 amide bonds. The number of aromatic amines is 1. The molecule has 2 atom stereocenters. The minimum absolute atomic E-state index is 0.451. The number of H-pyrrole nitrogens is 1. The fourth-order valence-corrected chi connectivity index (χ4v) is 3.05. The lowest BCUT2D eigenvalue weighted by atomic mass is 10.1. The van der Waals surface area contributed by atoms with Crippen LogP contribution in [0.4, 0.5) is 0 Å². The predicted molar refractivity (Wildman–Crippen MR) is 95.8 cm³/mol. The third-order valence-corrected chi connectivity index (χ3v) is 4.72. The van der Waals surface area contributed by atoms with Gasteiger partial charge < -0.3 is 4.42 Å². The molecule has 4 rings (SSSR count). The van der Waals surface area contributed by atoms with E-state index >= 15 is 0 Å². The molecule has 24 heavy (non-hydrogen) atoms. The minimum atomic E-state index is 0.451. The van der Waals surface area contributed by atoms with Crippen molar-refractivity contribution in [3.05, 3.63) is 58.3 Å². The Labute approximate surface area is 145 Å². The SMILES string of the molecule is Cc1ccccc1-c1n[nH]c(=S)n1/N=C\c1ccc([C@@H]2C[C@@H]2C)o1. The number of hydrogen-bond donors (Lipinski definition) is 1. The van der Waals surface area contributed by atoms with Crippen molar-refractivity contribution in [3.63, 3.8) is 0 Å². The second-order valence-electron chi connectivity index (χ2n) is 6.28. The molecule has 0 saturated heterocycles. The monoisotopic (exact) mass is 338 g/mol. The molecule has 0 bridgehead atoms. The van der Waals surface area contributed by atoms with E-state index in [1.165, 1.54) is 6.42 Å². The Bertz CT molecular complexity index is 965. The summed E-state index contributed by atoms with van der Waals surface area (Å²) in [5.74, 6) is 3.74. The maximum Gasteiger partial charge on any atom is 0.216 e. The zero-order valence-corrected chi connectivity index (χ0v) is 14.4. The standard InChI is InChI=1S/C18H18N4OS/c1-11-5-3-4-6-14(11)17-20-21-18(24)22(17)19-10-13-7-8-16(23-13)15-9-12(15)2/h3-8,10,12,15H,9H2,1-2H3,(H,21,24)/b19-10-/t12-,15+/m0/s1. The number of aryl methyl sites for hydroxylation is 1. The van der Waals surface area contributed by atoms with Crippen LogP contribution in [0.25, 0.3) is 11.4 Å². The van der Waals surface area contributed by atoms with Gasteiger partial charge >= 0.3 is 0 Å². The Morgan fingerprint density at radius 3 is 2.88 bits per heavy atom. The van der Waals surface area contributed by atoms with Crippen molar-refractivity contribution in [2.45, 2.75) is 26.2 Å². The maximum absolute atomic E-state index is 5.86. The van der Waals surface area contributed by atoms with E-state index in [4.69, 9.17) is 16.6 Å². The summed E-state index contributed by atoms with van der Waals surface area (Å²) in [7, 11) is 0. The van der Waals surface area contributed by atoms with Gasteiger partial charge in [-0.2, -0.15) is 14.9 Å². The number of nitrogens with zero attached hydrogens (tertiary/aromatic N) is 3. The number of aromatic nitrogens is 3. The third-order valence-electron chi connectivity index (χ3n) is 4.46. The van der Waals surface area contributed by atoms with E-state index < -0.39 is 0 Å². The van der Waals surface area contributed by atoms with Gasteiger partial charge in [0.2, 0.25) is 4.77 Å². The van der Waals surface area contributed by atoms with Gasteiger partial charge in [0.15, 0.2) is 5.82 Å². The Balaban J connectivity index is 1.65. The van der Waals surface area contributed by atoms with Crippen LogP contribution in [-0.2, 0) is 0 Å². The molecule has 6 heteroatoms. The smallest absolute Gasteiger partial charge is 0.216 e. The fraction of sp³-hybridized carbons (Fsp3) is 0.278. The van der Waals surface area contributed by atoms with E-state index in [-0.39, 0.29) is 0 Å². The highest BCUT2D eigenvalue weighted by atomic mass is 32.1. The first-order valence-electron chi connectivity index (χ1n) is 8.01. The van der Waals surface area contributed by atoms with Crippen molar-refractivity contribution in [2.75, 3.05) is 0 Å². The summed E-state index contributed by atoms with van der Waals surface area (Å²) in [5, 5.41) is 11.6. The van der Waals surface area contributed by atoms with Gasteiger partial charge in [0, 0.05) is 11.5 Å². The van der Waals surface area contributed by atoms with Crippen LogP contribution >= 0.6 is 12.2 Å². The van der Waals surface area contributed by atoms with Crippen molar-refractivity contribution in [3.8, 4) is 11.4 Å². The molecular weight excluding hydrogens is 320 g/mol. The second-order valence-corrected chi connectivity index (χ2v) is 6.67. The zero-order chi connectivity index (χ0) is 16.7. The van der Waals surface area contributed by atoms with Crippen LogP contribution in [0.15, 0.2) is 45.9 Å². The summed E-state index contributed by atoms with van der Waals surface area (Å²) in [6, 6.07) is 12.0. The summed E-state index contributed by atoms with van der Waals surface area (Å²) in [5.41, 5.74) is 2.11. The molecule has 1 aliphatic rings. The van der Waals surface area contributed by atoms with Crippen LogP contribution in [-0.4, -0.2) is 21.1 Å². The van der Waals surface area contributed by atoms with E-state index in [0.717, 1.165) is 28.6 Å². The predicted octanol–water partition coefficient (Wildman–Crippen LogP) is 4.51. The summed E-state index contributed by atoms with van der Waals surface area (Å²) in [6.45, 7) is 4.27. The van der Waals surface area contributed by atoms with Crippen molar-refractivity contribution in [1.29, 1.82) is 0 Å². The average Bonchev–Trinajstić information content (AvgIpc) is 2.97. The average molecular weight is 338 g/mol. The molecular formula is C18H18N4OS. The molecule has 0 unspecified atom stereocenters. The van der Waals surface area contributed by atoms with Crippen molar-refractivity contribution >= 4 is 18.4 Å². The lowest BCUT2D eigenvalue weighted by Gasteiger charge is -2.03. The van der Waals surface area contributed by atoms with Crippen LogP contribution < -0.4 is 0 Å². The summed E-state index contributed by atoms with van der Waals surface area (Å²) in [4.78, 5) is 0. The van der Waals surface area contributed by atoms with Crippen LogP contribution in [0, 0.1) is 17.6 Å². The molecule has 3 aromatic rings. The summed E-state index contributed by atoms with van der Waals surface area (Å²) < 4.78 is 7.93. The Morgan fingerprint density at radius 1 is 1.33 bits per heavy atom. The first-order valence-corrected chi connectivity index (χ1v) is 8.42. The maximum atomic E-state index is 5.86. The lowest BCUT2D eigenvalue weighted by Crippen LogP contribution is -1.96. The van der Waals surface area contributed by atoms with Crippen LogP contribution in [0.3, 0.4) is 0 Å². The van der Waals surface area contributed by atoms with Gasteiger partial charge in [-0.15, -0.1) is 0 Å². The number of rotatable bonds is 4. The van der Waals surface area contributed by atoms with Crippen molar-refractivity contribution in [1.82, 2.24) is 14.9 Å². The minimum Gasteiger partial charge on any atom is -0.460 e. The Hall–Kier alpha value is -2.47. The van der Waals surface area contributed by atoms with E-state index in [2.05, 4.69) is 22.2 Å². The fourth-order valence-electron chi connectivity index (χ4n) is 2.87. The van der Waals surface area contributed by atoms with Gasteiger partial charge in [0.1, 0.15) is 11.5 Å². The lowest BCUT2D eigenvalue weighted by molar-refractivity contribution is 0.500. The van der Waals surface area contributed by atoms with Gasteiger partial charge in [-0.1, -0.05) is 31.2 Å². The van der Waals surface area contributed by atoms with Crippen molar-refractivity contribution < 1.29 is 4.42 Å². The molecule has 0 radical (unpaired) electrons. The second kappa shape index (κ2) is 5.87. The van der Waals surface area contributed by atoms with Crippen LogP contribution in [0.1, 0.15) is 36.3 Å². The molecule has 0 spiro atoms. The van der Waals surface area contributed by atoms with E-state index in [0.29, 0.717) is 16.5 Å². The quantitative estimate of drug-likeness (QED) is 0.562. The molecule has 1 aromatic carbocycles. The van der Waals surface area contributed by atoms with E-state index in [9.17, 15) is 0 Å². The highest BCUT2D eigenvalue weighted by molar-refractivity contribution is 7.71. The number of furan rings is 1. The molecule has 1 aliphatic carbocycles. The van der Waals surface area contributed by atoms with Crippen molar-refractivity contribution in [2.24, 2.45) is 11.0 Å². The van der Waals surface area contributed by atoms with Gasteiger partial charge in [0.05, 0.1) is 6.21 Å². The van der Waals surface area contributed by atoms with E-state index in [1.807, 2.05) is 43.3 Å². The first kappa shape index (κ1) is 15.1. The number of nitrogens with one attached hydrogen (secondary N) is 1. The molecule has 1 fully saturated rings. The van der Waals surface area contributed by atoms with Gasteiger partial charge in [-0.25, -0.2) is 5.10 Å². The molecule has 2 heterocycles. The summed E-state index contributed by atoms with van der Waals surface area (Å²) in [6.07, 6.45) is 2.89. The largest absolute Gasteiger partial charge is 0.460 e. The molecule has 1 N–H and O–H groups in total. The number of hydrogen-bond acceptors (Lipinski definition) is 4. The normalized spacial score (nSPS) is 19.9. The van der Waals surface area contributed by atoms with Gasteiger partial charge in [-0.05, 0) is 49.2 Å². The zero-order valence-electron chi connectivity index (χ0n) is 13.6. The van der Waals surface area contributed by atoms with Crippen LogP contribution in [0.2, 0.25) is 0 Å². The first-order chi connectivity index (χ1) is 11.6.